The molecule has 0 saturated carbocycles. The first-order chi connectivity index (χ1) is 12.1. The lowest BCUT2D eigenvalue weighted by molar-refractivity contribution is 1.13. The second-order valence-corrected chi connectivity index (χ2v) is 6.46. The van der Waals surface area contributed by atoms with E-state index in [9.17, 15) is 5.26 Å². The van der Waals surface area contributed by atoms with Gasteiger partial charge in [0.05, 0.1) is 5.69 Å². The summed E-state index contributed by atoms with van der Waals surface area (Å²) in [5.41, 5.74) is 13.9. The van der Waals surface area contributed by atoms with Crippen molar-refractivity contribution in [3.05, 3.63) is 65.2 Å². The van der Waals surface area contributed by atoms with Crippen molar-refractivity contribution >= 4 is 11.5 Å². The maximum Gasteiger partial charge on any atom is 0.142 e. The Morgan fingerprint density at radius 1 is 1.08 bits per heavy atom. The van der Waals surface area contributed by atoms with Crippen molar-refractivity contribution in [3.8, 4) is 28.5 Å². The highest BCUT2D eigenvalue weighted by atomic mass is 15.1. The van der Waals surface area contributed by atoms with Gasteiger partial charge in [0.2, 0.25) is 0 Å². The molecule has 122 valence electrons. The maximum absolute atomic E-state index is 9.67. The van der Waals surface area contributed by atoms with Gasteiger partial charge in [-0.1, -0.05) is 36.4 Å². The number of fused-ring (bicyclic) bond motifs is 3. The van der Waals surface area contributed by atoms with Crippen LogP contribution in [0.2, 0.25) is 0 Å². The number of nitrogens with two attached hydrogens (primary N) is 1. The van der Waals surface area contributed by atoms with Crippen LogP contribution >= 0.6 is 0 Å². The van der Waals surface area contributed by atoms with Crippen LogP contribution in [0.3, 0.4) is 0 Å². The van der Waals surface area contributed by atoms with Gasteiger partial charge in [0.25, 0.3) is 0 Å². The Balaban J connectivity index is 1.97. The standard InChI is InChI=1S/C21H18N4/c1-25(2)15-9-7-13(8-10-15)19-17-11-14-5-3-4-6-16(14)20(17)24-21(23)18(19)12-22/h3-10H,11H2,1-2H3,(H2,23,24). The average molecular weight is 326 g/mol. The fourth-order valence-electron chi connectivity index (χ4n) is 3.49. The molecule has 0 atom stereocenters. The summed E-state index contributed by atoms with van der Waals surface area (Å²) in [6.45, 7) is 0. The van der Waals surface area contributed by atoms with Gasteiger partial charge in [0, 0.05) is 37.3 Å². The minimum Gasteiger partial charge on any atom is -0.383 e. The summed E-state index contributed by atoms with van der Waals surface area (Å²) in [6, 6.07) is 18.7. The Bertz CT molecular complexity index is 1010. The number of anilines is 2. The third-order valence-corrected chi connectivity index (χ3v) is 4.75. The molecule has 1 heterocycles. The summed E-state index contributed by atoms with van der Waals surface area (Å²) in [4.78, 5) is 6.60. The Kier molecular flexibility index (Phi) is 3.43. The van der Waals surface area contributed by atoms with Crippen molar-refractivity contribution in [2.24, 2.45) is 0 Å². The number of hydrogen-bond donors (Lipinski definition) is 1. The van der Waals surface area contributed by atoms with Crippen molar-refractivity contribution in [2.45, 2.75) is 6.42 Å². The smallest absolute Gasteiger partial charge is 0.142 e. The second-order valence-electron chi connectivity index (χ2n) is 6.46. The minimum atomic E-state index is 0.296. The lowest BCUT2D eigenvalue weighted by Gasteiger charge is -2.15. The molecule has 2 N–H and O–H groups in total. The number of aromatic nitrogens is 1. The quantitative estimate of drug-likeness (QED) is 0.608. The van der Waals surface area contributed by atoms with Crippen LogP contribution in [0.1, 0.15) is 16.7 Å². The second kappa shape index (κ2) is 5.64. The fraction of sp³-hybridized carbons (Fsp3) is 0.143. The fourth-order valence-corrected chi connectivity index (χ4v) is 3.49. The molecule has 0 spiro atoms. The van der Waals surface area contributed by atoms with Gasteiger partial charge in [-0.3, -0.25) is 0 Å². The molecule has 4 rings (SSSR count). The zero-order chi connectivity index (χ0) is 17.6. The summed E-state index contributed by atoms with van der Waals surface area (Å²) in [5, 5.41) is 9.67. The molecular formula is C21H18N4. The summed E-state index contributed by atoms with van der Waals surface area (Å²) in [7, 11) is 4.02. The van der Waals surface area contributed by atoms with E-state index in [1.807, 2.05) is 38.4 Å². The van der Waals surface area contributed by atoms with Crippen molar-refractivity contribution in [1.82, 2.24) is 4.98 Å². The maximum atomic E-state index is 9.67. The molecule has 1 aromatic heterocycles. The number of rotatable bonds is 2. The Hall–Kier alpha value is -3.32. The number of nitriles is 1. The molecule has 25 heavy (non-hydrogen) atoms. The van der Waals surface area contributed by atoms with E-state index in [1.165, 1.54) is 5.56 Å². The Morgan fingerprint density at radius 2 is 1.80 bits per heavy atom. The van der Waals surface area contributed by atoms with Gasteiger partial charge >= 0.3 is 0 Å². The molecule has 1 aliphatic carbocycles. The first-order valence-electron chi connectivity index (χ1n) is 8.18. The number of hydrogen-bond acceptors (Lipinski definition) is 4. The van der Waals surface area contributed by atoms with Crippen molar-refractivity contribution in [1.29, 1.82) is 5.26 Å². The van der Waals surface area contributed by atoms with Crippen molar-refractivity contribution < 1.29 is 0 Å². The van der Waals surface area contributed by atoms with E-state index in [-0.39, 0.29) is 0 Å². The first-order valence-corrected chi connectivity index (χ1v) is 8.18. The van der Waals surface area contributed by atoms with E-state index in [0.717, 1.165) is 40.1 Å². The zero-order valence-electron chi connectivity index (χ0n) is 14.2. The van der Waals surface area contributed by atoms with Gasteiger partial charge in [-0.25, -0.2) is 4.98 Å². The lowest BCUT2D eigenvalue weighted by Crippen LogP contribution is -2.08. The van der Waals surface area contributed by atoms with E-state index in [2.05, 4.69) is 40.2 Å². The zero-order valence-corrected chi connectivity index (χ0v) is 14.2. The lowest BCUT2D eigenvalue weighted by atomic mass is 9.94. The number of benzene rings is 2. The normalized spacial score (nSPS) is 11.6. The molecule has 0 fully saturated rings. The van der Waals surface area contributed by atoms with E-state index in [4.69, 9.17) is 5.73 Å². The summed E-state index contributed by atoms with van der Waals surface area (Å²) >= 11 is 0. The van der Waals surface area contributed by atoms with E-state index in [1.54, 1.807) is 0 Å². The molecule has 0 radical (unpaired) electrons. The summed E-state index contributed by atoms with van der Waals surface area (Å²) in [6.07, 6.45) is 0.776. The van der Waals surface area contributed by atoms with E-state index < -0.39 is 0 Å². The van der Waals surface area contributed by atoms with Crippen molar-refractivity contribution in [3.63, 3.8) is 0 Å². The van der Waals surface area contributed by atoms with E-state index >= 15 is 0 Å². The SMILES string of the molecule is CN(C)c1ccc(-c2c(C#N)c(N)nc3c2Cc2ccccc2-3)cc1. The summed E-state index contributed by atoms with van der Waals surface area (Å²) < 4.78 is 0. The molecule has 4 nitrogen and oxygen atoms in total. The van der Waals surface area contributed by atoms with Gasteiger partial charge in [-0.2, -0.15) is 5.26 Å². The molecule has 3 aromatic rings. The molecule has 2 aromatic carbocycles. The largest absolute Gasteiger partial charge is 0.383 e. The third kappa shape index (κ3) is 2.33. The predicted octanol–water partition coefficient (Wildman–Crippen LogP) is 3.84. The monoisotopic (exact) mass is 326 g/mol. The first kappa shape index (κ1) is 15.2. The average Bonchev–Trinajstić information content (AvgIpc) is 2.99. The molecule has 0 saturated heterocycles. The van der Waals surface area contributed by atoms with Crippen LogP contribution in [0.25, 0.3) is 22.4 Å². The third-order valence-electron chi connectivity index (χ3n) is 4.75. The highest BCUT2D eigenvalue weighted by molar-refractivity contribution is 5.88. The molecular weight excluding hydrogens is 308 g/mol. The molecule has 4 heteroatoms. The van der Waals surface area contributed by atoms with Gasteiger partial charge in [-0.05, 0) is 28.8 Å². The number of nitrogen functional groups attached to an aromatic ring is 1. The van der Waals surface area contributed by atoms with E-state index in [0.29, 0.717) is 11.4 Å². The van der Waals surface area contributed by atoms with Gasteiger partial charge in [0.1, 0.15) is 17.5 Å². The molecule has 1 aliphatic rings. The molecule has 0 aliphatic heterocycles. The topological polar surface area (TPSA) is 65.9 Å². The predicted molar refractivity (Wildman–Crippen MR) is 101 cm³/mol. The van der Waals surface area contributed by atoms with Crippen LogP contribution in [0, 0.1) is 11.3 Å². The Morgan fingerprint density at radius 3 is 2.48 bits per heavy atom. The van der Waals surface area contributed by atoms with Crippen molar-refractivity contribution in [2.75, 3.05) is 24.7 Å². The van der Waals surface area contributed by atoms with Crippen LogP contribution in [-0.4, -0.2) is 19.1 Å². The minimum absolute atomic E-state index is 0.296. The Labute approximate surface area is 147 Å². The number of nitrogens with zero attached hydrogens (tertiary/aromatic N) is 3. The highest BCUT2D eigenvalue weighted by Gasteiger charge is 2.27. The van der Waals surface area contributed by atoms with Crippen LogP contribution in [0.5, 0.6) is 0 Å². The number of pyridine rings is 1. The molecule has 0 amide bonds. The van der Waals surface area contributed by atoms with Crippen LogP contribution in [0.4, 0.5) is 11.5 Å². The summed E-state index contributed by atoms with van der Waals surface area (Å²) in [5.74, 6) is 0.296. The molecule has 0 unspecified atom stereocenters. The molecule has 0 bridgehead atoms. The highest BCUT2D eigenvalue weighted by Crippen LogP contribution is 2.43. The van der Waals surface area contributed by atoms with Crippen LogP contribution in [0.15, 0.2) is 48.5 Å². The van der Waals surface area contributed by atoms with Gasteiger partial charge in [0.15, 0.2) is 0 Å². The van der Waals surface area contributed by atoms with Crippen LogP contribution in [-0.2, 0) is 6.42 Å². The van der Waals surface area contributed by atoms with Gasteiger partial charge < -0.3 is 10.6 Å². The van der Waals surface area contributed by atoms with Crippen LogP contribution < -0.4 is 10.6 Å². The van der Waals surface area contributed by atoms with Gasteiger partial charge in [-0.15, -0.1) is 0 Å².